The largest absolute Gasteiger partial charge is 0.508 e. The molecule has 0 radical (unpaired) electrons. The van der Waals surface area contributed by atoms with Crippen LogP contribution in [0.3, 0.4) is 0 Å². The lowest BCUT2D eigenvalue weighted by molar-refractivity contribution is 0.431. The van der Waals surface area contributed by atoms with Crippen LogP contribution in [0.5, 0.6) is 11.5 Å². The van der Waals surface area contributed by atoms with Gasteiger partial charge in [0.05, 0.1) is 0 Å². The molecule has 0 bridgehead atoms. The Bertz CT molecular complexity index is 442. The predicted octanol–water partition coefficient (Wildman–Crippen LogP) is 0.960. The SMILES string of the molecule is CCNCC.O=S(=O)(O)c1ccc(O)cc1O. The molecule has 1 aromatic carbocycles. The van der Waals surface area contributed by atoms with Gasteiger partial charge in [0.1, 0.15) is 16.4 Å². The second-order valence-corrected chi connectivity index (χ2v) is 4.47. The van der Waals surface area contributed by atoms with E-state index in [4.69, 9.17) is 14.8 Å². The summed E-state index contributed by atoms with van der Waals surface area (Å²) in [6.07, 6.45) is 0. The minimum atomic E-state index is -4.41. The van der Waals surface area contributed by atoms with E-state index in [1.54, 1.807) is 0 Å². The van der Waals surface area contributed by atoms with Gasteiger partial charge in [-0.3, -0.25) is 4.55 Å². The van der Waals surface area contributed by atoms with Gasteiger partial charge in [0, 0.05) is 6.07 Å². The molecule has 17 heavy (non-hydrogen) atoms. The Kier molecular flexibility index (Phi) is 6.55. The van der Waals surface area contributed by atoms with E-state index in [1.807, 2.05) is 0 Å². The van der Waals surface area contributed by atoms with Crippen molar-refractivity contribution < 1.29 is 23.2 Å². The van der Waals surface area contributed by atoms with Gasteiger partial charge in [0.15, 0.2) is 0 Å². The fourth-order valence-electron chi connectivity index (χ4n) is 0.974. The Morgan fingerprint density at radius 1 is 1.18 bits per heavy atom. The van der Waals surface area contributed by atoms with E-state index in [0.29, 0.717) is 0 Å². The Morgan fingerprint density at radius 3 is 2.00 bits per heavy atom. The lowest BCUT2D eigenvalue weighted by atomic mass is 10.3. The van der Waals surface area contributed by atoms with Crippen LogP contribution in [-0.2, 0) is 10.1 Å². The Labute approximate surface area is 101 Å². The van der Waals surface area contributed by atoms with Crippen LogP contribution in [0.15, 0.2) is 23.1 Å². The molecule has 0 heterocycles. The van der Waals surface area contributed by atoms with Crippen molar-refractivity contribution in [3.05, 3.63) is 18.2 Å². The Hall–Kier alpha value is -1.31. The maximum atomic E-state index is 10.5. The summed E-state index contributed by atoms with van der Waals surface area (Å²) in [6, 6.07) is 2.77. The third-order valence-corrected chi connectivity index (χ3v) is 2.62. The molecule has 4 N–H and O–H groups in total. The lowest BCUT2D eigenvalue weighted by Crippen LogP contribution is -2.09. The van der Waals surface area contributed by atoms with Gasteiger partial charge in [-0.25, -0.2) is 0 Å². The second kappa shape index (κ2) is 7.10. The lowest BCUT2D eigenvalue weighted by Gasteiger charge is -1.99. The molecule has 1 rings (SSSR count). The Morgan fingerprint density at radius 2 is 1.71 bits per heavy atom. The van der Waals surface area contributed by atoms with E-state index in [-0.39, 0.29) is 5.75 Å². The van der Waals surface area contributed by atoms with Gasteiger partial charge >= 0.3 is 0 Å². The van der Waals surface area contributed by atoms with Gasteiger partial charge < -0.3 is 15.5 Å². The molecule has 0 amide bonds. The molecule has 0 aliphatic heterocycles. The fourth-order valence-corrected chi connectivity index (χ4v) is 1.54. The van der Waals surface area contributed by atoms with Crippen molar-refractivity contribution in [3.63, 3.8) is 0 Å². The number of phenols is 2. The molecule has 98 valence electrons. The maximum absolute atomic E-state index is 10.5. The highest BCUT2D eigenvalue weighted by Gasteiger charge is 2.14. The summed E-state index contributed by atoms with van der Waals surface area (Å²) in [7, 11) is -4.41. The molecule has 0 aromatic heterocycles. The smallest absolute Gasteiger partial charge is 0.298 e. The molecule has 0 aliphatic rings. The summed E-state index contributed by atoms with van der Waals surface area (Å²) in [5.74, 6) is -0.961. The molecule has 7 heteroatoms. The zero-order valence-electron chi connectivity index (χ0n) is 9.71. The molecule has 0 saturated carbocycles. The zero-order chi connectivity index (χ0) is 13.5. The summed E-state index contributed by atoms with van der Waals surface area (Å²) in [4.78, 5) is -0.625. The molecule has 0 saturated heterocycles. The highest BCUT2D eigenvalue weighted by Crippen LogP contribution is 2.25. The van der Waals surface area contributed by atoms with Crippen LogP contribution in [0.1, 0.15) is 13.8 Å². The highest BCUT2D eigenvalue weighted by molar-refractivity contribution is 7.86. The van der Waals surface area contributed by atoms with Gasteiger partial charge in [-0.1, -0.05) is 13.8 Å². The first-order valence-electron chi connectivity index (χ1n) is 5.03. The number of aromatic hydroxyl groups is 2. The topological polar surface area (TPSA) is 107 Å². The summed E-state index contributed by atoms with van der Waals surface area (Å²) in [5.41, 5.74) is 0. The van der Waals surface area contributed by atoms with Crippen LogP contribution < -0.4 is 5.32 Å². The molecule has 0 unspecified atom stereocenters. The van der Waals surface area contributed by atoms with E-state index in [0.717, 1.165) is 31.3 Å². The van der Waals surface area contributed by atoms with Crippen LogP contribution in [0.2, 0.25) is 0 Å². The van der Waals surface area contributed by atoms with Gasteiger partial charge in [0.2, 0.25) is 0 Å². The van der Waals surface area contributed by atoms with E-state index < -0.39 is 20.8 Å². The first-order valence-corrected chi connectivity index (χ1v) is 6.47. The van der Waals surface area contributed by atoms with Crippen molar-refractivity contribution in [2.24, 2.45) is 0 Å². The predicted molar refractivity (Wildman–Crippen MR) is 63.8 cm³/mol. The van der Waals surface area contributed by atoms with Crippen LogP contribution in [0.25, 0.3) is 0 Å². The van der Waals surface area contributed by atoms with E-state index in [2.05, 4.69) is 19.2 Å². The molecule has 1 aromatic rings. The summed E-state index contributed by atoms with van der Waals surface area (Å²) in [5, 5.41) is 20.8. The molecule has 0 atom stereocenters. The third kappa shape index (κ3) is 6.10. The molecule has 0 spiro atoms. The Balaban J connectivity index is 0.000000437. The minimum Gasteiger partial charge on any atom is -0.508 e. The summed E-state index contributed by atoms with van der Waals surface area (Å²) >= 11 is 0. The van der Waals surface area contributed by atoms with Crippen molar-refractivity contribution in [1.82, 2.24) is 5.32 Å². The third-order valence-electron chi connectivity index (χ3n) is 1.72. The monoisotopic (exact) mass is 263 g/mol. The average Bonchev–Trinajstić information content (AvgIpc) is 2.17. The van der Waals surface area contributed by atoms with E-state index >= 15 is 0 Å². The molecule has 0 aliphatic carbocycles. The minimum absolute atomic E-state index is 0.278. The second-order valence-electron chi connectivity index (χ2n) is 3.08. The first kappa shape index (κ1) is 15.7. The molecule has 0 fully saturated rings. The van der Waals surface area contributed by atoms with Gasteiger partial charge in [-0.15, -0.1) is 0 Å². The number of phenolic OH excluding ortho intramolecular Hbond substituents is 2. The van der Waals surface area contributed by atoms with Crippen molar-refractivity contribution in [1.29, 1.82) is 0 Å². The van der Waals surface area contributed by atoms with Crippen molar-refractivity contribution in [2.45, 2.75) is 18.7 Å². The summed E-state index contributed by atoms with van der Waals surface area (Å²) < 4.78 is 29.4. The van der Waals surface area contributed by atoms with Crippen molar-refractivity contribution in [3.8, 4) is 11.5 Å². The first-order chi connectivity index (χ1) is 7.82. The van der Waals surface area contributed by atoms with E-state index in [1.165, 1.54) is 0 Å². The van der Waals surface area contributed by atoms with Crippen LogP contribution in [0, 0.1) is 0 Å². The standard InChI is InChI=1S/C6H6O5S.C4H11N/c7-4-1-2-6(5(8)3-4)12(9,10)11;1-3-5-4-2/h1-3,7-8H,(H,9,10,11);5H,3-4H2,1-2H3. The normalized spacial score (nSPS) is 10.5. The fraction of sp³-hybridized carbons (Fsp3) is 0.400. The van der Waals surface area contributed by atoms with Crippen LogP contribution in [0.4, 0.5) is 0 Å². The molecular weight excluding hydrogens is 246 g/mol. The molecule has 6 nitrogen and oxygen atoms in total. The molecular formula is C10H17NO5S. The van der Waals surface area contributed by atoms with Gasteiger partial charge in [-0.05, 0) is 25.2 Å². The van der Waals surface area contributed by atoms with Crippen molar-refractivity contribution in [2.75, 3.05) is 13.1 Å². The number of rotatable bonds is 3. The van der Waals surface area contributed by atoms with Gasteiger partial charge in [-0.2, -0.15) is 8.42 Å². The zero-order valence-corrected chi connectivity index (χ0v) is 10.5. The number of hydrogen-bond acceptors (Lipinski definition) is 5. The van der Waals surface area contributed by atoms with Crippen molar-refractivity contribution >= 4 is 10.1 Å². The van der Waals surface area contributed by atoms with E-state index in [9.17, 15) is 8.42 Å². The number of nitrogens with one attached hydrogen (secondary N) is 1. The maximum Gasteiger partial charge on any atom is 0.298 e. The number of benzene rings is 1. The number of hydrogen-bond donors (Lipinski definition) is 4. The van der Waals surface area contributed by atoms with Gasteiger partial charge in [0.25, 0.3) is 10.1 Å². The van der Waals surface area contributed by atoms with Crippen LogP contribution in [-0.4, -0.2) is 36.3 Å². The average molecular weight is 263 g/mol. The highest BCUT2D eigenvalue weighted by atomic mass is 32.2. The van der Waals surface area contributed by atoms with Crippen LogP contribution >= 0.6 is 0 Å². The summed E-state index contributed by atoms with van der Waals surface area (Å²) in [6.45, 7) is 6.39. The quantitative estimate of drug-likeness (QED) is 0.605.